The number of hydrogen-bond donors (Lipinski definition) is 1. The Bertz CT molecular complexity index is 480. The van der Waals surface area contributed by atoms with Crippen LogP contribution in [0.5, 0.6) is 0 Å². The van der Waals surface area contributed by atoms with Gasteiger partial charge in [-0.3, -0.25) is 0 Å². The lowest BCUT2D eigenvalue weighted by Gasteiger charge is -2.50. The van der Waals surface area contributed by atoms with Crippen LogP contribution in [0.15, 0.2) is 18.2 Å². The van der Waals surface area contributed by atoms with Crippen molar-refractivity contribution in [2.45, 2.75) is 57.5 Å². The predicted octanol–water partition coefficient (Wildman–Crippen LogP) is 3.64. The average Bonchev–Trinajstić information content (AvgIpc) is 2.46. The Labute approximate surface area is 121 Å². The number of halogens is 1. The molecule has 2 aliphatic rings. The summed E-state index contributed by atoms with van der Waals surface area (Å²) in [6.45, 7) is 6.11. The predicted molar refractivity (Wildman–Crippen MR) is 81.8 cm³/mol. The lowest BCUT2D eigenvalue weighted by molar-refractivity contribution is 0.200. The first-order valence-electron chi connectivity index (χ1n) is 7.87. The van der Waals surface area contributed by atoms with E-state index in [1.54, 1.807) is 6.07 Å². The van der Waals surface area contributed by atoms with Crippen molar-refractivity contribution in [1.82, 2.24) is 5.32 Å². The Balaban J connectivity index is 1.88. The molecule has 20 heavy (non-hydrogen) atoms. The second kappa shape index (κ2) is 5.36. The van der Waals surface area contributed by atoms with Crippen LogP contribution in [0, 0.1) is 12.7 Å². The van der Waals surface area contributed by atoms with Gasteiger partial charge in [-0.05, 0) is 44.4 Å². The molecule has 1 aromatic carbocycles. The van der Waals surface area contributed by atoms with E-state index < -0.39 is 0 Å². The third kappa shape index (κ3) is 2.56. The van der Waals surface area contributed by atoms with E-state index in [1.807, 2.05) is 19.1 Å². The van der Waals surface area contributed by atoms with Crippen molar-refractivity contribution in [3.05, 3.63) is 29.6 Å². The van der Waals surface area contributed by atoms with Gasteiger partial charge in [0.05, 0.1) is 5.69 Å². The number of nitrogens with one attached hydrogen (secondary N) is 1. The molecule has 2 nitrogen and oxygen atoms in total. The molecule has 1 unspecified atom stereocenters. The fraction of sp³-hybridized carbons (Fsp3) is 0.647. The summed E-state index contributed by atoms with van der Waals surface area (Å²) in [5, 5.41) is 3.75. The van der Waals surface area contributed by atoms with E-state index in [0.717, 1.165) is 24.3 Å². The van der Waals surface area contributed by atoms with Crippen molar-refractivity contribution in [3.63, 3.8) is 0 Å². The third-order valence-corrected chi connectivity index (χ3v) is 5.00. The van der Waals surface area contributed by atoms with Gasteiger partial charge < -0.3 is 10.2 Å². The second-order valence-electron chi connectivity index (χ2n) is 6.65. The van der Waals surface area contributed by atoms with Gasteiger partial charge in [0.25, 0.3) is 0 Å². The summed E-state index contributed by atoms with van der Waals surface area (Å²) < 4.78 is 14.2. The second-order valence-corrected chi connectivity index (χ2v) is 6.65. The van der Waals surface area contributed by atoms with Crippen LogP contribution in [0.4, 0.5) is 10.1 Å². The van der Waals surface area contributed by atoms with Crippen molar-refractivity contribution < 1.29 is 4.39 Å². The smallest absolute Gasteiger partial charge is 0.146 e. The van der Waals surface area contributed by atoms with E-state index in [0.29, 0.717) is 6.04 Å². The molecular weight excluding hydrogens is 251 g/mol. The van der Waals surface area contributed by atoms with Crippen LogP contribution in [-0.2, 0) is 0 Å². The number of hydrogen-bond acceptors (Lipinski definition) is 2. The van der Waals surface area contributed by atoms with Gasteiger partial charge in [0.1, 0.15) is 5.82 Å². The summed E-state index contributed by atoms with van der Waals surface area (Å²) >= 11 is 0. The number of anilines is 1. The van der Waals surface area contributed by atoms with Gasteiger partial charge in [-0.25, -0.2) is 4.39 Å². The maximum Gasteiger partial charge on any atom is 0.146 e. The fourth-order valence-corrected chi connectivity index (χ4v) is 3.74. The normalized spacial score (nSPS) is 25.9. The highest BCUT2D eigenvalue weighted by atomic mass is 19.1. The molecule has 3 heteroatoms. The Morgan fingerprint density at radius 1 is 1.25 bits per heavy atom. The van der Waals surface area contributed by atoms with E-state index in [2.05, 4.69) is 17.1 Å². The molecule has 1 saturated carbocycles. The van der Waals surface area contributed by atoms with Gasteiger partial charge in [-0.2, -0.15) is 0 Å². The standard InChI is InChI=1S/C17H25FN2/c1-13-6-7-15(18)16(10-13)20-12-17(19-11-14(20)2)8-4-3-5-9-17/h6-7,10,14,19H,3-5,8-9,11-12H2,1-2H3. The summed E-state index contributed by atoms with van der Waals surface area (Å²) in [6, 6.07) is 5.79. The zero-order chi connectivity index (χ0) is 14.2. The first-order chi connectivity index (χ1) is 9.60. The monoisotopic (exact) mass is 276 g/mol. The molecule has 0 aromatic heterocycles. The minimum Gasteiger partial charge on any atom is -0.363 e. The summed E-state index contributed by atoms with van der Waals surface area (Å²) in [4.78, 5) is 2.28. The van der Waals surface area contributed by atoms with E-state index in [1.165, 1.54) is 32.1 Å². The topological polar surface area (TPSA) is 15.3 Å². The highest BCUT2D eigenvalue weighted by Gasteiger charge is 2.39. The van der Waals surface area contributed by atoms with E-state index >= 15 is 0 Å². The minimum atomic E-state index is -0.0877. The number of piperazine rings is 1. The van der Waals surface area contributed by atoms with E-state index in [9.17, 15) is 4.39 Å². The van der Waals surface area contributed by atoms with Gasteiger partial charge in [0.15, 0.2) is 0 Å². The highest BCUT2D eigenvalue weighted by molar-refractivity contribution is 5.52. The Kier molecular flexibility index (Phi) is 3.72. The molecular formula is C17H25FN2. The summed E-state index contributed by atoms with van der Waals surface area (Å²) in [5.41, 5.74) is 2.12. The Morgan fingerprint density at radius 3 is 2.75 bits per heavy atom. The van der Waals surface area contributed by atoms with Crippen LogP contribution >= 0.6 is 0 Å². The molecule has 1 atom stereocenters. The molecule has 1 aromatic rings. The fourth-order valence-electron chi connectivity index (χ4n) is 3.74. The maximum absolute atomic E-state index is 14.2. The molecule has 110 valence electrons. The van der Waals surface area contributed by atoms with Gasteiger partial charge in [-0.15, -0.1) is 0 Å². The number of benzene rings is 1. The Morgan fingerprint density at radius 2 is 2.00 bits per heavy atom. The van der Waals surface area contributed by atoms with Crippen LogP contribution in [0.25, 0.3) is 0 Å². The van der Waals surface area contributed by atoms with Crippen molar-refractivity contribution in [3.8, 4) is 0 Å². The van der Waals surface area contributed by atoms with Crippen LogP contribution < -0.4 is 10.2 Å². The first kappa shape index (κ1) is 13.9. The highest BCUT2D eigenvalue weighted by Crippen LogP contribution is 2.34. The van der Waals surface area contributed by atoms with Crippen LogP contribution in [-0.4, -0.2) is 24.7 Å². The molecule has 1 saturated heterocycles. The number of aryl methyl sites for hydroxylation is 1. The van der Waals surface area contributed by atoms with Gasteiger partial charge in [0, 0.05) is 24.7 Å². The van der Waals surface area contributed by atoms with Crippen LogP contribution in [0.2, 0.25) is 0 Å². The van der Waals surface area contributed by atoms with Crippen molar-refractivity contribution in [1.29, 1.82) is 0 Å². The summed E-state index contributed by atoms with van der Waals surface area (Å²) in [5.74, 6) is -0.0877. The molecule has 1 aliphatic carbocycles. The lowest BCUT2D eigenvalue weighted by atomic mass is 9.79. The van der Waals surface area contributed by atoms with Gasteiger partial charge >= 0.3 is 0 Å². The van der Waals surface area contributed by atoms with Gasteiger partial charge in [0.2, 0.25) is 0 Å². The quantitative estimate of drug-likeness (QED) is 0.842. The van der Waals surface area contributed by atoms with Crippen LogP contribution in [0.3, 0.4) is 0 Å². The third-order valence-electron chi connectivity index (χ3n) is 5.00. The zero-order valence-electron chi connectivity index (χ0n) is 12.6. The molecule has 2 fully saturated rings. The maximum atomic E-state index is 14.2. The minimum absolute atomic E-state index is 0.0877. The van der Waals surface area contributed by atoms with Crippen LogP contribution in [0.1, 0.15) is 44.6 Å². The van der Waals surface area contributed by atoms with Crippen molar-refractivity contribution in [2.75, 3.05) is 18.0 Å². The molecule has 0 amide bonds. The zero-order valence-corrected chi connectivity index (χ0v) is 12.6. The van der Waals surface area contributed by atoms with E-state index in [4.69, 9.17) is 0 Å². The summed E-state index contributed by atoms with van der Waals surface area (Å²) in [6.07, 6.45) is 6.39. The number of nitrogens with zero attached hydrogens (tertiary/aromatic N) is 1. The molecule has 3 rings (SSSR count). The van der Waals surface area contributed by atoms with Crippen molar-refractivity contribution >= 4 is 5.69 Å². The first-order valence-corrected chi connectivity index (χ1v) is 7.87. The molecule has 0 bridgehead atoms. The Hall–Kier alpha value is -1.09. The lowest BCUT2D eigenvalue weighted by Crippen LogP contribution is -2.64. The number of rotatable bonds is 1. The van der Waals surface area contributed by atoms with Crippen molar-refractivity contribution in [2.24, 2.45) is 0 Å². The molecule has 1 aliphatic heterocycles. The van der Waals surface area contributed by atoms with E-state index in [-0.39, 0.29) is 11.4 Å². The van der Waals surface area contributed by atoms with Gasteiger partial charge in [-0.1, -0.05) is 25.3 Å². The summed E-state index contributed by atoms with van der Waals surface area (Å²) in [7, 11) is 0. The molecule has 1 spiro atoms. The SMILES string of the molecule is Cc1ccc(F)c(N2CC3(CCCCC3)NCC2C)c1. The molecule has 1 N–H and O–H groups in total. The average molecular weight is 276 g/mol. The molecule has 1 heterocycles. The molecule has 0 radical (unpaired) electrons. The largest absolute Gasteiger partial charge is 0.363 e.